The predicted octanol–water partition coefficient (Wildman–Crippen LogP) is 19.9. The summed E-state index contributed by atoms with van der Waals surface area (Å²) >= 11 is 0. The van der Waals surface area contributed by atoms with Gasteiger partial charge in [-0.2, -0.15) is 0 Å². The van der Waals surface area contributed by atoms with Gasteiger partial charge in [0.1, 0.15) is 0 Å². The molecule has 3 heterocycles. The van der Waals surface area contributed by atoms with Gasteiger partial charge in [-0.15, -0.1) is 0 Å². The highest BCUT2D eigenvalue weighted by Crippen LogP contribution is 2.67. The first kappa shape index (κ1) is 54.7. The van der Waals surface area contributed by atoms with Gasteiger partial charge < -0.3 is 14.7 Å². The molecule has 7 aromatic rings. The van der Waals surface area contributed by atoms with Gasteiger partial charge in [0.05, 0.1) is 5.54 Å². The molecule has 0 fully saturated rings. The molecule has 6 aliphatic rings. The maximum atomic E-state index is 2.84. The molecular weight excluding hydrogens is 990 g/mol. The van der Waals surface area contributed by atoms with Gasteiger partial charge in [-0.1, -0.05) is 234 Å². The first-order chi connectivity index (χ1) is 38.1. The van der Waals surface area contributed by atoms with Crippen molar-refractivity contribution >= 4 is 57.7 Å². The molecule has 3 aliphatic heterocycles. The third kappa shape index (κ3) is 7.53. The van der Waals surface area contributed by atoms with Gasteiger partial charge >= 0.3 is 0 Å². The molecule has 0 aromatic heterocycles. The minimum atomic E-state index is -0.426. The third-order valence-electron chi connectivity index (χ3n) is 21.3. The number of aryl methyl sites for hydroxylation is 1. The Bertz CT molecular complexity index is 3740. The van der Waals surface area contributed by atoms with Crippen LogP contribution in [0.15, 0.2) is 150 Å². The van der Waals surface area contributed by atoms with E-state index in [0.717, 1.165) is 12.8 Å². The van der Waals surface area contributed by atoms with Crippen LogP contribution < -0.4 is 20.2 Å². The van der Waals surface area contributed by atoms with E-state index in [9.17, 15) is 0 Å². The summed E-state index contributed by atoms with van der Waals surface area (Å²) in [5.74, 6) is 0. The fourth-order valence-electron chi connectivity index (χ4n) is 16.2. The number of fused-ring (bicyclic) bond motifs is 11. The molecule has 4 heteroatoms. The Labute approximate surface area is 494 Å². The first-order valence-corrected chi connectivity index (χ1v) is 30.9. The van der Waals surface area contributed by atoms with Crippen molar-refractivity contribution in [2.24, 2.45) is 0 Å². The molecule has 0 saturated heterocycles. The number of hydrogen-bond acceptors (Lipinski definition) is 3. The van der Waals surface area contributed by atoms with Crippen LogP contribution in [0, 0.1) is 0 Å². The zero-order valence-corrected chi connectivity index (χ0v) is 53.6. The highest BCUT2D eigenvalue weighted by molar-refractivity contribution is 6.92. The lowest BCUT2D eigenvalue weighted by molar-refractivity contribution is 0.245. The summed E-state index contributed by atoms with van der Waals surface area (Å²) in [5.41, 5.74) is 29.9. The summed E-state index contributed by atoms with van der Waals surface area (Å²) < 4.78 is 0. The molecule has 3 nitrogen and oxygen atoms in total. The fourth-order valence-corrected chi connectivity index (χ4v) is 16.2. The first-order valence-electron chi connectivity index (χ1n) is 30.9. The Hall–Kier alpha value is -6.52. The molecule has 420 valence electrons. The van der Waals surface area contributed by atoms with E-state index in [1.54, 1.807) is 0 Å². The molecule has 2 atom stereocenters. The van der Waals surface area contributed by atoms with Gasteiger partial charge in [0.2, 0.25) is 6.71 Å². The molecule has 3 aliphatic carbocycles. The molecule has 13 rings (SSSR count). The van der Waals surface area contributed by atoms with Crippen LogP contribution in [0.4, 0.5) is 34.1 Å². The SMILES string of the molecule is CC(C)(C)c1ccc(N2C3=C(B4C5=C(c6cc(C(C)(C)C)ccc6C5(C)C)N(c5ccc(C(C)(C)C)cc5)c5cc(N6c7ccc(C(C)(C)C)cc7C7(C)CCc8ccccc8C67C)cc2c54)C(C)(C)c2ccc(C(C)(C)C)cc23)cc1. The molecule has 2 unspecified atom stereocenters. The monoisotopic (exact) mass is 1080 g/mol. The second-order valence-electron chi connectivity index (χ2n) is 32.3. The van der Waals surface area contributed by atoms with Crippen LogP contribution in [0.2, 0.25) is 0 Å². The molecule has 0 radical (unpaired) electrons. The largest absolute Gasteiger partial charge is 0.330 e. The van der Waals surface area contributed by atoms with E-state index in [0.29, 0.717) is 0 Å². The zero-order chi connectivity index (χ0) is 58.8. The molecule has 82 heavy (non-hydrogen) atoms. The number of rotatable bonds is 3. The lowest BCUT2D eigenvalue weighted by atomic mass is 9.27. The summed E-state index contributed by atoms with van der Waals surface area (Å²) in [7, 11) is 0. The topological polar surface area (TPSA) is 9.72 Å². The van der Waals surface area contributed by atoms with Gasteiger partial charge in [-0.3, -0.25) is 0 Å². The maximum absolute atomic E-state index is 2.84. The van der Waals surface area contributed by atoms with E-state index in [2.05, 4.69) is 300 Å². The second-order valence-corrected chi connectivity index (χ2v) is 32.3. The number of hydrogen-bond donors (Lipinski definition) is 0. The van der Waals surface area contributed by atoms with Crippen molar-refractivity contribution in [1.29, 1.82) is 0 Å². The molecule has 7 aromatic carbocycles. The molecule has 0 spiro atoms. The standard InChI is InChI=1S/C78H90BN3/c1-70(2,3)48-26-33-53(34-27-48)80-63-45-55(82-62-39-32-52(74(13,14)15)44-61(62)77(20)41-40-47-24-22-23-25-58(47)78(77,82)21)46-64-65(63)79(68-66(80)56-42-50(72(7,8)9)30-37-59(56)75(68,16)17)69-67(81(64)54-35-28-49(29-36-54)71(4,5)6)57-43-51(73(10,11)12)31-38-60(57)76(69,18)19/h22-39,42-46H,40-41H2,1-21H3. The zero-order valence-electron chi connectivity index (χ0n) is 53.6. The average molecular weight is 1080 g/mol. The van der Waals surface area contributed by atoms with Crippen molar-refractivity contribution in [2.45, 2.75) is 207 Å². The summed E-state index contributed by atoms with van der Waals surface area (Å²) in [6.07, 6.45) is 2.11. The molecule has 0 N–H and O–H groups in total. The lowest BCUT2D eigenvalue weighted by Gasteiger charge is -2.52. The summed E-state index contributed by atoms with van der Waals surface area (Å²) in [6, 6.07) is 56.8. The quantitative estimate of drug-likeness (QED) is 0.163. The molecule has 0 bridgehead atoms. The van der Waals surface area contributed by atoms with Crippen LogP contribution in [-0.2, 0) is 55.3 Å². The highest BCUT2D eigenvalue weighted by atomic mass is 15.3. The fraction of sp³-hybridized carbons (Fsp3) is 0.410. The third-order valence-corrected chi connectivity index (χ3v) is 21.3. The summed E-state index contributed by atoms with van der Waals surface area (Å²) in [5, 5.41) is 0. The van der Waals surface area contributed by atoms with Crippen LogP contribution in [0.25, 0.3) is 11.4 Å². The number of anilines is 6. The Kier molecular flexibility index (Phi) is 11.4. The second kappa shape index (κ2) is 17.1. The van der Waals surface area contributed by atoms with Crippen molar-refractivity contribution < 1.29 is 0 Å². The van der Waals surface area contributed by atoms with Crippen LogP contribution in [0.3, 0.4) is 0 Å². The normalized spacial score (nSPS) is 21.2. The lowest BCUT2D eigenvalue weighted by Crippen LogP contribution is -2.55. The molecule has 0 amide bonds. The van der Waals surface area contributed by atoms with Crippen molar-refractivity contribution in [3.63, 3.8) is 0 Å². The Morgan fingerprint density at radius 3 is 1.22 bits per heavy atom. The van der Waals surface area contributed by atoms with E-state index in [4.69, 9.17) is 0 Å². The van der Waals surface area contributed by atoms with Gasteiger partial charge in [-0.05, 0) is 163 Å². The Morgan fingerprint density at radius 2 is 0.780 bits per heavy atom. The van der Waals surface area contributed by atoms with Crippen molar-refractivity contribution in [3.05, 3.63) is 217 Å². The van der Waals surface area contributed by atoms with Crippen LogP contribution >= 0.6 is 0 Å². The minimum absolute atomic E-state index is 0.00515. The Balaban J connectivity index is 1.22. The smallest absolute Gasteiger partial charge is 0.245 e. The maximum Gasteiger partial charge on any atom is 0.245 e. The van der Waals surface area contributed by atoms with E-state index >= 15 is 0 Å². The number of benzene rings is 7. The van der Waals surface area contributed by atoms with Crippen molar-refractivity contribution in [2.75, 3.05) is 14.7 Å². The van der Waals surface area contributed by atoms with Crippen molar-refractivity contribution in [1.82, 2.24) is 0 Å². The van der Waals surface area contributed by atoms with E-state index in [1.165, 1.54) is 129 Å². The summed E-state index contributed by atoms with van der Waals surface area (Å²) in [6.45, 7) is 50.8. The van der Waals surface area contributed by atoms with E-state index in [1.807, 2.05) is 0 Å². The van der Waals surface area contributed by atoms with E-state index < -0.39 is 5.54 Å². The van der Waals surface area contributed by atoms with Gasteiger partial charge in [-0.25, -0.2) is 0 Å². The molecule has 0 saturated carbocycles. The Morgan fingerprint density at radius 1 is 0.378 bits per heavy atom. The number of nitrogens with zero attached hydrogens (tertiary/aromatic N) is 3. The van der Waals surface area contributed by atoms with Gasteiger partial charge in [0, 0.05) is 72.9 Å². The average Bonchev–Trinajstić information content (AvgIpc) is 1.53. The van der Waals surface area contributed by atoms with Gasteiger partial charge in [0.15, 0.2) is 0 Å². The van der Waals surface area contributed by atoms with E-state index in [-0.39, 0.29) is 50.0 Å². The van der Waals surface area contributed by atoms with Crippen LogP contribution in [-0.4, -0.2) is 6.71 Å². The predicted molar refractivity (Wildman–Crippen MR) is 353 cm³/mol. The van der Waals surface area contributed by atoms with Gasteiger partial charge in [0.25, 0.3) is 0 Å². The van der Waals surface area contributed by atoms with Crippen molar-refractivity contribution in [3.8, 4) is 0 Å². The van der Waals surface area contributed by atoms with Crippen LogP contribution in [0.1, 0.15) is 219 Å². The molecular formula is C78H90BN3. The highest BCUT2D eigenvalue weighted by Gasteiger charge is 2.62. The number of allylic oxidation sites excluding steroid dienone is 2. The minimum Gasteiger partial charge on any atom is -0.330 e. The summed E-state index contributed by atoms with van der Waals surface area (Å²) in [4.78, 5) is 8.36. The van der Waals surface area contributed by atoms with Crippen LogP contribution in [0.5, 0.6) is 0 Å².